The van der Waals surface area contributed by atoms with Gasteiger partial charge in [-0.25, -0.2) is 0 Å². The van der Waals surface area contributed by atoms with Gasteiger partial charge in [0.15, 0.2) is 5.78 Å². The number of hydrogen-bond donors (Lipinski definition) is 0. The molecule has 0 unspecified atom stereocenters. The zero-order valence-corrected chi connectivity index (χ0v) is 11.5. The van der Waals surface area contributed by atoms with Gasteiger partial charge in [0.25, 0.3) is 0 Å². The Balaban J connectivity index is 2.07. The van der Waals surface area contributed by atoms with E-state index in [0.717, 1.165) is 11.3 Å². The highest BCUT2D eigenvalue weighted by atomic mass is 16.5. The molecule has 2 rings (SSSR count). The molecule has 1 aromatic rings. The van der Waals surface area contributed by atoms with Crippen molar-refractivity contribution in [1.82, 2.24) is 0 Å². The molecule has 0 N–H and O–H groups in total. The van der Waals surface area contributed by atoms with Gasteiger partial charge in [-0.15, -0.1) is 0 Å². The summed E-state index contributed by atoms with van der Waals surface area (Å²) in [6.07, 6.45) is 3.71. The van der Waals surface area contributed by atoms with E-state index in [1.807, 2.05) is 39.0 Å². The van der Waals surface area contributed by atoms with Gasteiger partial charge in [0.1, 0.15) is 23.9 Å². The van der Waals surface area contributed by atoms with E-state index in [4.69, 9.17) is 9.47 Å². The molecule has 0 atom stereocenters. The first-order chi connectivity index (χ1) is 8.86. The highest BCUT2D eigenvalue weighted by molar-refractivity contribution is 5.85. The molecule has 19 heavy (non-hydrogen) atoms. The van der Waals surface area contributed by atoms with Gasteiger partial charge < -0.3 is 9.47 Å². The quantitative estimate of drug-likeness (QED) is 0.831. The third-order valence-electron chi connectivity index (χ3n) is 2.88. The number of ether oxygens (including phenoxy) is 2. The number of rotatable bonds is 3. The maximum Gasteiger partial charge on any atom is 0.175 e. The molecule has 3 heteroatoms. The minimum absolute atomic E-state index is 0.0744. The molecular weight excluding hydrogens is 240 g/mol. The van der Waals surface area contributed by atoms with Crippen LogP contribution in [0.5, 0.6) is 11.5 Å². The number of carbonyl (C=O) groups excluding carboxylic acids is 1. The van der Waals surface area contributed by atoms with Gasteiger partial charge in [-0.1, -0.05) is 27.4 Å². The van der Waals surface area contributed by atoms with Crippen molar-refractivity contribution in [3.05, 3.63) is 42.2 Å². The number of hydrogen-bond acceptors (Lipinski definition) is 3. The van der Waals surface area contributed by atoms with Crippen LogP contribution in [0.1, 0.15) is 26.3 Å². The monoisotopic (exact) mass is 258 g/mol. The molecule has 0 spiro atoms. The van der Waals surface area contributed by atoms with Crippen LogP contribution in [-0.2, 0) is 4.79 Å². The summed E-state index contributed by atoms with van der Waals surface area (Å²) in [6, 6.07) is 5.47. The molecule has 100 valence electrons. The molecule has 0 saturated heterocycles. The highest BCUT2D eigenvalue weighted by Gasteiger charge is 2.21. The molecule has 0 saturated carbocycles. The van der Waals surface area contributed by atoms with E-state index >= 15 is 0 Å². The molecular formula is C16H18O3. The van der Waals surface area contributed by atoms with Crippen LogP contribution in [0, 0.1) is 5.41 Å². The Morgan fingerprint density at radius 2 is 2.05 bits per heavy atom. The van der Waals surface area contributed by atoms with Gasteiger partial charge in [0.05, 0.1) is 0 Å². The van der Waals surface area contributed by atoms with Gasteiger partial charge in [-0.05, 0) is 30.4 Å². The van der Waals surface area contributed by atoms with Gasteiger partial charge in [-0.2, -0.15) is 0 Å². The fourth-order valence-electron chi connectivity index (χ4n) is 1.56. The maximum absolute atomic E-state index is 11.8. The zero-order valence-electron chi connectivity index (χ0n) is 11.5. The molecule has 1 aliphatic heterocycles. The summed E-state index contributed by atoms with van der Waals surface area (Å²) in [5, 5.41) is 0. The fraction of sp³-hybridized carbons (Fsp3) is 0.312. The standard InChI is InChI=1S/C16H18O3/c1-11-5-6-12-9-13(7-8-14(12)19-11)18-10-15(17)16(2,3)4/h5-9H,1,10H2,2-4H3. The Labute approximate surface area is 113 Å². The van der Waals surface area contributed by atoms with Crippen LogP contribution >= 0.6 is 0 Å². The smallest absolute Gasteiger partial charge is 0.175 e. The number of carbonyl (C=O) groups is 1. The van der Waals surface area contributed by atoms with E-state index in [1.54, 1.807) is 12.1 Å². The van der Waals surface area contributed by atoms with E-state index in [9.17, 15) is 4.79 Å². The first-order valence-electron chi connectivity index (χ1n) is 6.21. The number of allylic oxidation sites excluding steroid dienone is 1. The number of fused-ring (bicyclic) bond motifs is 1. The third-order valence-corrected chi connectivity index (χ3v) is 2.88. The van der Waals surface area contributed by atoms with Crippen LogP contribution < -0.4 is 9.47 Å². The van der Waals surface area contributed by atoms with E-state index in [-0.39, 0.29) is 17.8 Å². The van der Waals surface area contributed by atoms with Crippen LogP contribution in [-0.4, -0.2) is 12.4 Å². The zero-order chi connectivity index (χ0) is 14.0. The molecule has 0 amide bonds. The van der Waals surface area contributed by atoms with Crippen LogP contribution in [0.4, 0.5) is 0 Å². The topological polar surface area (TPSA) is 35.5 Å². The average molecular weight is 258 g/mol. The van der Waals surface area contributed by atoms with Crippen molar-refractivity contribution in [3.63, 3.8) is 0 Å². The lowest BCUT2D eigenvalue weighted by atomic mass is 9.91. The van der Waals surface area contributed by atoms with Gasteiger partial charge in [0, 0.05) is 11.0 Å². The lowest BCUT2D eigenvalue weighted by Gasteiger charge is -2.18. The molecule has 1 aliphatic rings. The lowest BCUT2D eigenvalue weighted by Crippen LogP contribution is -2.26. The van der Waals surface area contributed by atoms with E-state index in [1.165, 1.54) is 0 Å². The summed E-state index contributed by atoms with van der Waals surface area (Å²) in [7, 11) is 0. The van der Waals surface area contributed by atoms with Crippen LogP contribution in [0.2, 0.25) is 0 Å². The molecule has 0 aliphatic carbocycles. The van der Waals surface area contributed by atoms with Crippen molar-refractivity contribution in [2.24, 2.45) is 5.41 Å². The second-order valence-electron chi connectivity index (χ2n) is 5.56. The predicted octanol–water partition coefficient (Wildman–Crippen LogP) is 3.60. The summed E-state index contributed by atoms with van der Waals surface area (Å²) in [5.41, 5.74) is 0.544. The van der Waals surface area contributed by atoms with Crippen molar-refractivity contribution in [2.75, 3.05) is 6.61 Å². The second-order valence-corrected chi connectivity index (χ2v) is 5.56. The summed E-state index contributed by atoms with van der Waals surface area (Å²) in [5.74, 6) is 2.11. The minimum Gasteiger partial charge on any atom is -0.486 e. The molecule has 1 heterocycles. The highest BCUT2D eigenvalue weighted by Crippen LogP contribution is 2.30. The van der Waals surface area contributed by atoms with E-state index < -0.39 is 0 Å². The summed E-state index contributed by atoms with van der Waals surface area (Å²) < 4.78 is 11.0. The average Bonchev–Trinajstić information content (AvgIpc) is 2.34. The predicted molar refractivity (Wildman–Crippen MR) is 75.2 cm³/mol. The maximum atomic E-state index is 11.8. The largest absolute Gasteiger partial charge is 0.486 e. The number of Topliss-reactive ketones (excluding diaryl/α,β-unsaturated/α-hetero) is 1. The van der Waals surface area contributed by atoms with Crippen LogP contribution in [0.25, 0.3) is 6.08 Å². The second kappa shape index (κ2) is 4.92. The Kier molecular flexibility index (Phi) is 3.47. The Morgan fingerprint density at radius 3 is 2.74 bits per heavy atom. The van der Waals surface area contributed by atoms with Crippen molar-refractivity contribution < 1.29 is 14.3 Å². The summed E-state index contributed by atoms with van der Waals surface area (Å²) in [6.45, 7) is 9.47. The molecule has 3 nitrogen and oxygen atoms in total. The van der Waals surface area contributed by atoms with Gasteiger partial charge >= 0.3 is 0 Å². The van der Waals surface area contributed by atoms with E-state index in [2.05, 4.69) is 6.58 Å². The first-order valence-corrected chi connectivity index (χ1v) is 6.21. The van der Waals surface area contributed by atoms with Crippen molar-refractivity contribution in [1.29, 1.82) is 0 Å². The van der Waals surface area contributed by atoms with Crippen molar-refractivity contribution >= 4 is 11.9 Å². The summed E-state index contributed by atoms with van der Waals surface area (Å²) >= 11 is 0. The third kappa shape index (κ3) is 3.25. The SMILES string of the molecule is C=C1C=Cc2cc(OCC(=O)C(C)(C)C)ccc2O1. The fourth-order valence-corrected chi connectivity index (χ4v) is 1.56. The minimum atomic E-state index is -0.380. The Bertz CT molecular complexity index is 548. The first kappa shape index (κ1) is 13.4. The van der Waals surface area contributed by atoms with Crippen molar-refractivity contribution in [2.45, 2.75) is 20.8 Å². The molecule has 1 aromatic carbocycles. The lowest BCUT2D eigenvalue weighted by molar-refractivity contribution is -0.128. The normalized spacial score (nSPS) is 13.7. The van der Waals surface area contributed by atoms with E-state index in [0.29, 0.717) is 11.5 Å². The van der Waals surface area contributed by atoms with Crippen LogP contribution in [0.3, 0.4) is 0 Å². The van der Waals surface area contributed by atoms with Crippen LogP contribution in [0.15, 0.2) is 36.6 Å². The molecule has 0 aromatic heterocycles. The van der Waals surface area contributed by atoms with Gasteiger partial charge in [-0.3, -0.25) is 4.79 Å². The Hall–Kier alpha value is -2.03. The molecule has 0 fully saturated rings. The summed E-state index contributed by atoms with van der Waals surface area (Å²) in [4.78, 5) is 11.8. The molecule has 0 radical (unpaired) electrons. The molecule has 0 bridgehead atoms. The number of benzene rings is 1. The van der Waals surface area contributed by atoms with Gasteiger partial charge in [0.2, 0.25) is 0 Å². The number of ketones is 1. The van der Waals surface area contributed by atoms with Crippen molar-refractivity contribution in [3.8, 4) is 11.5 Å². The Morgan fingerprint density at radius 1 is 1.32 bits per heavy atom.